The minimum absolute atomic E-state index is 0. The van der Waals surface area contributed by atoms with E-state index in [9.17, 15) is 0 Å². The van der Waals surface area contributed by atoms with E-state index < -0.39 is 0 Å². The van der Waals surface area contributed by atoms with Crippen molar-refractivity contribution in [2.45, 2.75) is 6.92 Å². The number of phenolic OH excluding ortho intramolecular Hbond substituents is 1. The third kappa shape index (κ3) is 3.58. The zero-order chi connectivity index (χ0) is 7.40. The average Bonchev–Trinajstić information content (AvgIpc) is 1.94. The van der Waals surface area contributed by atoms with Crippen LogP contribution in [0.2, 0.25) is 0 Å². The van der Waals surface area contributed by atoms with Gasteiger partial charge in [0.15, 0.2) is 11.5 Å². The quantitative estimate of drug-likeness (QED) is 0.692. The number of phenols is 1. The van der Waals surface area contributed by atoms with Crippen molar-refractivity contribution in [1.82, 2.24) is 0 Å². The molecule has 2 nitrogen and oxygen atoms in total. The van der Waals surface area contributed by atoms with E-state index >= 15 is 0 Å². The van der Waals surface area contributed by atoms with E-state index in [0.29, 0.717) is 12.4 Å². The van der Waals surface area contributed by atoms with E-state index in [-0.39, 0.29) is 57.1 Å². The van der Waals surface area contributed by atoms with Crippen molar-refractivity contribution in [1.29, 1.82) is 0 Å². The SMILES string of the molecule is CCOc1ccccc1O.[K]. The Bertz CT molecular complexity index is 213. The molecule has 0 aromatic heterocycles. The average molecular weight is 177 g/mol. The summed E-state index contributed by atoms with van der Waals surface area (Å²) in [6, 6.07) is 6.92. The van der Waals surface area contributed by atoms with Gasteiger partial charge in [0, 0.05) is 51.4 Å². The van der Waals surface area contributed by atoms with Gasteiger partial charge < -0.3 is 9.84 Å². The topological polar surface area (TPSA) is 29.5 Å². The zero-order valence-electron chi connectivity index (χ0n) is 6.87. The molecule has 1 rings (SSSR count). The fraction of sp³-hybridized carbons (Fsp3) is 0.250. The normalized spacial score (nSPS) is 8.45. The minimum Gasteiger partial charge on any atom is -0.504 e. The second-order valence-electron chi connectivity index (χ2n) is 1.90. The molecule has 1 aromatic rings. The smallest absolute Gasteiger partial charge is 0.160 e. The van der Waals surface area contributed by atoms with Gasteiger partial charge in [-0.05, 0) is 19.1 Å². The van der Waals surface area contributed by atoms with Crippen molar-refractivity contribution >= 4 is 51.4 Å². The van der Waals surface area contributed by atoms with Crippen LogP contribution in [0.4, 0.5) is 0 Å². The maximum absolute atomic E-state index is 9.12. The fourth-order valence-electron chi connectivity index (χ4n) is 0.735. The van der Waals surface area contributed by atoms with E-state index in [1.807, 2.05) is 13.0 Å². The van der Waals surface area contributed by atoms with Crippen molar-refractivity contribution in [2.24, 2.45) is 0 Å². The second kappa shape index (κ2) is 6.03. The summed E-state index contributed by atoms with van der Waals surface area (Å²) >= 11 is 0. The van der Waals surface area contributed by atoms with Gasteiger partial charge in [0.25, 0.3) is 0 Å². The number of para-hydroxylation sites is 2. The van der Waals surface area contributed by atoms with E-state index in [1.54, 1.807) is 18.2 Å². The van der Waals surface area contributed by atoms with E-state index in [2.05, 4.69) is 0 Å². The first-order valence-electron chi connectivity index (χ1n) is 3.25. The van der Waals surface area contributed by atoms with Crippen molar-refractivity contribution in [2.75, 3.05) is 6.61 Å². The molecule has 1 aromatic carbocycles. The Kier molecular flexibility index (Phi) is 6.28. The van der Waals surface area contributed by atoms with Crippen LogP contribution >= 0.6 is 0 Å². The van der Waals surface area contributed by atoms with Crippen LogP contribution in [-0.4, -0.2) is 63.1 Å². The van der Waals surface area contributed by atoms with Crippen LogP contribution < -0.4 is 4.74 Å². The summed E-state index contributed by atoms with van der Waals surface area (Å²) in [5, 5.41) is 9.12. The molecule has 0 aliphatic heterocycles. The van der Waals surface area contributed by atoms with Crippen molar-refractivity contribution in [3.05, 3.63) is 24.3 Å². The first kappa shape index (κ1) is 11.5. The Balaban J connectivity index is 0.000001000. The van der Waals surface area contributed by atoms with Gasteiger partial charge in [-0.25, -0.2) is 0 Å². The molecule has 0 amide bonds. The van der Waals surface area contributed by atoms with Crippen LogP contribution in [0.3, 0.4) is 0 Å². The summed E-state index contributed by atoms with van der Waals surface area (Å²) in [5.74, 6) is 0.745. The molecule has 0 spiro atoms. The Hall–Kier alpha value is 0.456. The molecule has 0 heterocycles. The number of aromatic hydroxyl groups is 1. The molecule has 0 unspecified atom stereocenters. The molecule has 0 fully saturated rings. The molecule has 1 radical (unpaired) electrons. The molecule has 0 saturated carbocycles. The number of ether oxygens (including phenoxy) is 1. The molecular formula is C8H10KO2. The molecular weight excluding hydrogens is 167 g/mol. The zero-order valence-corrected chi connectivity index (χ0v) is 10.00. The molecule has 0 aliphatic rings. The maximum Gasteiger partial charge on any atom is 0.160 e. The van der Waals surface area contributed by atoms with Crippen LogP contribution in [-0.2, 0) is 0 Å². The first-order valence-corrected chi connectivity index (χ1v) is 3.25. The van der Waals surface area contributed by atoms with Crippen molar-refractivity contribution < 1.29 is 9.84 Å². The molecule has 0 atom stereocenters. The summed E-state index contributed by atoms with van der Waals surface area (Å²) in [4.78, 5) is 0. The number of rotatable bonds is 2. The number of benzene rings is 1. The van der Waals surface area contributed by atoms with E-state index in [0.717, 1.165) is 0 Å². The number of hydrogen-bond acceptors (Lipinski definition) is 2. The van der Waals surface area contributed by atoms with Crippen LogP contribution in [0.25, 0.3) is 0 Å². The van der Waals surface area contributed by atoms with Crippen LogP contribution in [0.15, 0.2) is 24.3 Å². The number of hydrogen-bond donors (Lipinski definition) is 1. The van der Waals surface area contributed by atoms with Gasteiger partial charge in [-0.1, -0.05) is 12.1 Å². The van der Waals surface area contributed by atoms with Crippen LogP contribution in [0, 0.1) is 0 Å². The van der Waals surface area contributed by atoms with Gasteiger partial charge in [0.05, 0.1) is 6.61 Å². The van der Waals surface area contributed by atoms with Gasteiger partial charge in [0.1, 0.15) is 0 Å². The molecule has 55 valence electrons. The van der Waals surface area contributed by atoms with E-state index in [4.69, 9.17) is 9.84 Å². The summed E-state index contributed by atoms with van der Waals surface area (Å²) in [6.45, 7) is 2.46. The molecule has 3 heteroatoms. The second-order valence-corrected chi connectivity index (χ2v) is 1.90. The third-order valence-electron chi connectivity index (χ3n) is 1.17. The molecule has 0 aliphatic carbocycles. The minimum atomic E-state index is 0. The van der Waals surface area contributed by atoms with Gasteiger partial charge in [-0.3, -0.25) is 0 Å². The van der Waals surface area contributed by atoms with Gasteiger partial charge >= 0.3 is 0 Å². The Morgan fingerprint density at radius 2 is 2.00 bits per heavy atom. The standard InChI is InChI=1S/C8H10O2.K/c1-2-10-8-6-4-3-5-7(8)9;/h3-6,9H,2H2,1H3;. The largest absolute Gasteiger partial charge is 0.504 e. The van der Waals surface area contributed by atoms with Crippen LogP contribution in [0.1, 0.15) is 6.92 Å². The molecule has 1 N–H and O–H groups in total. The maximum atomic E-state index is 9.12. The Morgan fingerprint density at radius 1 is 1.36 bits per heavy atom. The fourth-order valence-corrected chi connectivity index (χ4v) is 0.735. The van der Waals surface area contributed by atoms with Crippen LogP contribution in [0.5, 0.6) is 11.5 Å². The summed E-state index contributed by atoms with van der Waals surface area (Å²) in [6.07, 6.45) is 0. The molecule has 0 saturated heterocycles. The predicted molar refractivity (Wildman–Crippen MR) is 45.0 cm³/mol. The van der Waals surface area contributed by atoms with Gasteiger partial charge in [-0.15, -0.1) is 0 Å². The predicted octanol–water partition coefficient (Wildman–Crippen LogP) is 1.41. The molecule has 11 heavy (non-hydrogen) atoms. The summed E-state index contributed by atoms with van der Waals surface area (Å²) < 4.78 is 5.09. The van der Waals surface area contributed by atoms with E-state index in [1.165, 1.54) is 0 Å². The van der Waals surface area contributed by atoms with Gasteiger partial charge in [-0.2, -0.15) is 0 Å². The van der Waals surface area contributed by atoms with Crippen molar-refractivity contribution in [3.63, 3.8) is 0 Å². The molecule has 0 bridgehead atoms. The summed E-state index contributed by atoms with van der Waals surface area (Å²) in [7, 11) is 0. The monoisotopic (exact) mass is 177 g/mol. The van der Waals surface area contributed by atoms with Gasteiger partial charge in [0.2, 0.25) is 0 Å². The first-order chi connectivity index (χ1) is 4.84. The van der Waals surface area contributed by atoms with Crippen molar-refractivity contribution in [3.8, 4) is 11.5 Å². The Labute approximate surface area is 109 Å². The Morgan fingerprint density at radius 3 is 2.55 bits per heavy atom. The third-order valence-corrected chi connectivity index (χ3v) is 1.17. The summed E-state index contributed by atoms with van der Waals surface area (Å²) in [5.41, 5.74) is 0.